The molecule has 7 heteroatoms. The summed E-state index contributed by atoms with van der Waals surface area (Å²) >= 11 is 1.56. The van der Waals surface area contributed by atoms with Gasteiger partial charge in [0.25, 0.3) is 5.91 Å². The van der Waals surface area contributed by atoms with Gasteiger partial charge in [-0.05, 0) is 53.4 Å². The number of rotatable bonds is 6. The van der Waals surface area contributed by atoms with Crippen LogP contribution in [-0.2, 0) is 6.54 Å². The Morgan fingerprint density at radius 1 is 0.921 bits per heavy atom. The van der Waals surface area contributed by atoms with E-state index in [1.165, 1.54) is 12.1 Å². The van der Waals surface area contributed by atoms with Gasteiger partial charge in [0.15, 0.2) is 5.13 Å². The van der Waals surface area contributed by atoms with Gasteiger partial charge in [0.1, 0.15) is 5.82 Å². The standard InChI is InChI=1S/C31H27FN4OS/c32-26-14-12-24(13-15-26)28-21-38-31(34-28)36(29-7-3-5-23-4-1-2-6-27(23)29)20-22-8-10-25(11-9-22)30(37)35-18-16-33-17-19-35/h1-15,21,33H,16-20H2. The summed E-state index contributed by atoms with van der Waals surface area (Å²) in [5, 5.41) is 8.44. The van der Waals surface area contributed by atoms with Gasteiger partial charge in [-0.2, -0.15) is 0 Å². The Hall–Kier alpha value is -4.07. The van der Waals surface area contributed by atoms with Crippen molar-refractivity contribution in [1.82, 2.24) is 15.2 Å². The first kappa shape index (κ1) is 24.3. The average molecular weight is 523 g/mol. The van der Waals surface area contributed by atoms with E-state index in [1.807, 2.05) is 46.7 Å². The zero-order valence-electron chi connectivity index (χ0n) is 20.8. The number of fused-ring (bicyclic) bond motifs is 1. The zero-order valence-corrected chi connectivity index (χ0v) is 21.6. The molecular weight excluding hydrogens is 495 g/mol. The number of piperazine rings is 1. The van der Waals surface area contributed by atoms with E-state index in [0.29, 0.717) is 12.1 Å². The Balaban J connectivity index is 1.34. The van der Waals surface area contributed by atoms with Crippen LogP contribution in [-0.4, -0.2) is 42.0 Å². The fourth-order valence-corrected chi connectivity index (χ4v) is 5.67. The molecular formula is C31H27FN4OS. The number of aromatic nitrogens is 1. The largest absolute Gasteiger partial charge is 0.336 e. The first-order valence-corrected chi connectivity index (χ1v) is 13.6. The molecule has 0 atom stereocenters. The SMILES string of the molecule is O=C(c1ccc(CN(c2nc(-c3ccc(F)cc3)cs2)c2cccc3ccccc23)cc1)N1CCNCC1. The number of thiazole rings is 1. The Morgan fingerprint density at radius 3 is 2.45 bits per heavy atom. The molecule has 6 rings (SSSR count). The Bertz CT molecular complexity index is 1550. The fraction of sp³-hybridized carbons (Fsp3) is 0.161. The molecule has 0 aliphatic carbocycles. The quantitative estimate of drug-likeness (QED) is 0.277. The predicted octanol–water partition coefficient (Wildman–Crippen LogP) is 6.49. The maximum atomic E-state index is 13.5. The van der Waals surface area contributed by atoms with Gasteiger partial charge < -0.3 is 15.1 Å². The summed E-state index contributed by atoms with van der Waals surface area (Å²) < 4.78 is 13.5. The lowest BCUT2D eigenvalue weighted by atomic mass is 10.1. The summed E-state index contributed by atoms with van der Waals surface area (Å²) in [5.41, 5.74) is 4.53. The fourth-order valence-electron chi connectivity index (χ4n) is 4.83. The highest BCUT2D eigenvalue weighted by atomic mass is 32.1. The molecule has 2 heterocycles. The molecule has 1 saturated heterocycles. The van der Waals surface area contributed by atoms with Crippen molar-refractivity contribution in [2.24, 2.45) is 0 Å². The molecule has 1 aliphatic heterocycles. The highest BCUT2D eigenvalue weighted by molar-refractivity contribution is 7.14. The third-order valence-corrected chi connectivity index (χ3v) is 7.73. The molecule has 5 nitrogen and oxygen atoms in total. The van der Waals surface area contributed by atoms with E-state index >= 15 is 0 Å². The van der Waals surface area contributed by atoms with Crippen molar-refractivity contribution in [1.29, 1.82) is 0 Å². The number of halogens is 1. The van der Waals surface area contributed by atoms with Crippen LogP contribution >= 0.6 is 11.3 Å². The predicted molar refractivity (Wildman–Crippen MR) is 153 cm³/mol. The minimum atomic E-state index is -0.263. The van der Waals surface area contributed by atoms with E-state index in [2.05, 4.69) is 40.5 Å². The second-order valence-electron chi connectivity index (χ2n) is 9.35. The lowest BCUT2D eigenvalue weighted by Gasteiger charge is -2.27. The second kappa shape index (κ2) is 10.7. The van der Waals surface area contributed by atoms with Crippen LogP contribution in [0.25, 0.3) is 22.0 Å². The maximum absolute atomic E-state index is 13.5. The van der Waals surface area contributed by atoms with Crippen molar-refractivity contribution >= 4 is 38.8 Å². The normalized spacial score (nSPS) is 13.6. The summed E-state index contributed by atoms with van der Waals surface area (Å²) in [4.78, 5) is 22.0. The summed E-state index contributed by atoms with van der Waals surface area (Å²) in [7, 11) is 0. The summed E-state index contributed by atoms with van der Waals surface area (Å²) in [6.45, 7) is 3.72. The number of amides is 1. The topological polar surface area (TPSA) is 48.5 Å². The van der Waals surface area contributed by atoms with Crippen LogP contribution in [0.2, 0.25) is 0 Å². The molecule has 0 radical (unpaired) electrons. The Labute approximate surface area is 225 Å². The van der Waals surface area contributed by atoms with Gasteiger partial charge in [0.05, 0.1) is 17.9 Å². The van der Waals surface area contributed by atoms with Crippen LogP contribution in [0.3, 0.4) is 0 Å². The van der Waals surface area contributed by atoms with Gasteiger partial charge in [-0.1, -0.05) is 48.5 Å². The van der Waals surface area contributed by atoms with Crippen LogP contribution in [0.5, 0.6) is 0 Å². The molecule has 0 spiro atoms. The summed E-state index contributed by atoms with van der Waals surface area (Å²) in [6.07, 6.45) is 0. The van der Waals surface area contributed by atoms with Crippen LogP contribution in [0.15, 0.2) is 96.4 Å². The molecule has 0 bridgehead atoms. The van der Waals surface area contributed by atoms with E-state index in [0.717, 1.165) is 64.6 Å². The van der Waals surface area contributed by atoms with Crippen LogP contribution in [0.1, 0.15) is 15.9 Å². The smallest absolute Gasteiger partial charge is 0.253 e. The average Bonchev–Trinajstić information content (AvgIpc) is 3.46. The highest BCUT2D eigenvalue weighted by Gasteiger charge is 2.20. The van der Waals surface area contributed by atoms with Crippen LogP contribution in [0.4, 0.5) is 15.2 Å². The lowest BCUT2D eigenvalue weighted by Crippen LogP contribution is -2.46. The minimum Gasteiger partial charge on any atom is -0.336 e. The highest BCUT2D eigenvalue weighted by Crippen LogP contribution is 2.37. The third kappa shape index (κ3) is 5.03. The van der Waals surface area contributed by atoms with Crippen LogP contribution in [0, 0.1) is 5.82 Å². The lowest BCUT2D eigenvalue weighted by molar-refractivity contribution is 0.0736. The molecule has 4 aromatic carbocycles. The molecule has 38 heavy (non-hydrogen) atoms. The van der Waals surface area contributed by atoms with E-state index in [4.69, 9.17) is 4.98 Å². The van der Waals surface area contributed by atoms with Crippen molar-refractivity contribution in [3.63, 3.8) is 0 Å². The summed E-state index contributed by atoms with van der Waals surface area (Å²) in [5.74, 6) is -0.187. The molecule has 5 aromatic rings. The molecule has 0 saturated carbocycles. The zero-order chi connectivity index (χ0) is 25.9. The molecule has 1 aromatic heterocycles. The summed E-state index contributed by atoms with van der Waals surface area (Å²) in [6, 6.07) is 28.9. The van der Waals surface area contributed by atoms with Crippen molar-refractivity contribution in [3.05, 3.63) is 113 Å². The number of nitrogens with zero attached hydrogens (tertiary/aromatic N) is 3. The first-order valence-electron chi connectivity index (χ1n) is 12.7. The number of nitrogens with one attached hydrogen (secondary N) is 1. The molecule has 190 valence electrons. The second-order valence-corrected chi connectivity index (χ2v) is 10.2. The number of hydrogen-bond acceptors (Lipinski definition) is 5. The minimum absolute atomic E-state index is 0.0767. The van der Waals surface area contributed by atoms with Gasteiger partial charge in [-0.25, -0.2) is 9.37 Å². The third-order valence-electron chi connectivity index (χ3n) is 6.87. The van der Waals surface area contributed by atoms with Gasteiger partial charge >= 0.3 is 0 Å². The van der Waals surface area contributed by atoms with E-state index < -0.39 is 0 Å². The molecule has 1 N–H and O–H groups in total. The van der Waals surface area contributed by atoms with Gasteiger partial charge in [-0.15, -0.1) is 11.3 Å². The van der Waals surface area contributed by atoms with Crippen molar-refractivity contribution in [2.45, 2.75) is 6.54 Å². The molecule has 0 unspecified atom stereocenters. The number of anilines is 2. The number of carbonyl (C=O) groups excluding carboxylic acids is 1. The van der Waals surface area contributed by atoms with Gasteiger partial charge in [-0.3, -0.25) is 4.79 Å². The van der Waals surface area contributed by atoms with E-state index in [-0.39, 0.29) is 11.7 Å². The maximum Gasteiger partial charge on any atom is 0.253 e. The molecule has 1 fully saturated rings. The monoisotopic (exact) mass is 522 g/mol. The van der Waals surface area contributed by atoms with E-state index in [9.17, 15) is 9.18 Å². The number of benzene rings is 4. The molecule has 1 amide bonds. The molecule has 1 aliphatic rings. The van der Waals surface area contributed by atoms with Crippen molar-refractivity contribution < 1.29 is 9.18 Å². The van der Waals surface area contributed by atoms with Gasteiger partial charge in [0.2, 0.25) is 0 Å². The number of carbonyl (C=O) groups is 1. The van der Waals surface area contributed by atoms with Gasteiger partial charge in [0, 0.05) is 48.1 Å². The van der Waals surface area contributed by atoms with Crippen molar-refractivity contribution in [2.75, 3.05) is 31.1 Å². The number of hydrogen-bond donors (Lipinski definition) is 1. The Morgan fingerprint density at radius 2 is 1.66 bits per heavy atom. The van der Waals surface area contributed by atoms with Crippen molar-refractivity contribution in [3.8, 4) is 11.3 Å². The Kier molecular flexibility index (Phi) is 6.86. The first-order chi connectivity index (χ1) is 18.7. The van der Waals surface area contributed by atoms with Crippen LogP contribution < -0.4 is 10.2 Å². The van der Waals surface area contributed by atoms with E-state index in [1.54, 1.807) is 23.5 Å².